The van der Waals surface area contributed by atoms with Crippen molar-refractivity contribution in [2.45, 2.75) is 373 Å². The van der Waals surface area contributed by atoms with E-state index < -0.39 is 20.0 Å². The molecule has 1 amide bonds. The zero-order chi connectivity index (χ0) is 55.6. The van der Waals surface area contributed by atoms with E-state index in [1.54, 1.807) is 6.08 Å². The number of rotatable bonds is 64. The highest BCUT2D eigenvalue weighted by Crippen LogP contribution is 2.43. The summed E-state index contributed by atoms with van der Waals surface area (Å²) in [5, 5.41) is 14.0. The summed E-state index contributed by atoms with van der Waals surface area (Å²) in [5.74, 6) is -0.168. The predicted octanol–water partition coefficient (Wildman–Crippen LogP) is 21.3. The van der Waals surface area contributed by atoms with Gasteiger partial charge >= 0.3 is 7.82 Å². The van der Waals surface area contributed by atoms with Crippen LogP contribution < -0.4 is 5.32 Å². The minimum absolute atomic E-state index is 0.0654. The van der Waals surface area contributed by atoms with Gasteiger partial charge in [-0.1, -0.05) is 347 Å². The molecular formula is C67H136N2O6P+. The smallest absolute Gasteiger partial charge is 0.387 e. The summed E-state index contributed by atoms with van der Waals surface area (Å²) in [4.78, 5) is 23.4. The second-order valence-corrected chi connectivity index (χ2v) is 26.4. The number of allylic oxidation sites excluding steroid dienone is 1. The van der Waals surface area contributed by atoms with Gasteiger partial charge in [-0.2, -0.15) is 0 Å². The Morgan fingerprint density at radius 3 is 0.974 bits per heavy atom. The lowest BCUT2D eigenvalue weighted by molar-refractivity contribution is -0.870. The molecular weight excluding hydrogens is 960 g/mol. The number of nitrogens with zero attached hydrogens (tertiary/aromatic N) is 1. The van der Waals surface area contributed by atoms with Crippen molar-refractivity contribution in [3.8, 4) is 0 Å². The van der Waals surface area contributed by atoms with Gasteiger partial charge in [0.05, 0.1) is 39.9 Å². The van der Waals surface area contributed by atoms with Crippen molar-refractivity contribution in [2.24, 2.45) is 0 Å². The van der Waals surface area contributed by atoms with Crippen molar-refractivity contribution < 1.29 is 32.9 Å². The highest BCUT2D eigenvalue weighted by Gasteiger charge is 2.28. The molecule has 0 rings (SSSR count). The molecule has 0 fully saturated rings. The number of amides is 1. The molecule has 0 heterocycles. The Labute approximate surface area is 475 Å². The van der Waals surface area contributed by atoms with Crippen LogP contribution in [0.5, 0.6) is 0 Å². The maximum Gasteiger partial charge on any atom is 0.472 e. The number of phosphoric acid groups is 1. The van der Waals surface area contributed by atoms with Gasteiger partial charge in [0.15, 0.2) is 0 Å². The molecule has 3 unspecified atom stereocenters. The van der Waals surface area contributed by atoms with Gasteiger partial charge in [0.25, 0.3) is 0 Å². The molecule has 9 heteroatoms. The largest absolute Gasteiger partial charge is 0.472 e. The first kappa shape index (κ1) is 75.2. The van der Waals surface area contributed by atoms with Crippen molar-refractivity contribution in [3.05, 3.63) is 12.2 Å². The third-order valence-corrected chi connectivity index (χ3v) is 17.0. The molecule has 0 aromatic carbocycles. The molecule has 0 radical (unpaired) electrons. The van der Waals surface area contributed by atoms with E-state index in [1.807, 2.05) is 27.2 Å². The molecule has 3 atom stereocenters. The topological polar surface area (TPSA) is 105 Å². The van der Waals surface area contributed by atoms with Gasteiger partial charge in [0.1, 0.15) is 13.2 Å². The van der Waals surface area contributed by atoms with E-state index in [-0.39, 0.29) is 19.1 Å². The Morgan fingerprint density at radius 2 is 0.697 bits per heavy atom. The van der Waals surface area contributed by atoms with Crippen LogP contribution in [0.4, 0.5) is 0 Å². The van der Waals surface area contributed by atoms with Gasteiger partial charge in [-0.25, -0.2) is 4.57 Å². The quantitative estimate of drug-likeness (QED) is 0.0243. The number of hydrogen-bond donors (Lipinski definition) is 3. The number of quaternary nitrogens is 1. The van der Waals surface area contributed by atoms with E-state index in [2.05, 4.69) is 19.2 Å². The molecule has 0 aliphatic rings. The van der Waals surface area contributed by atoms with Crippen molar-refractivity contribution >= 4 is 13.7 Å². The highest BCUT2D eigenvalue weighted by molar-refractivity contribution is 7.47. The number of unbranched alkanes of at least 4 members (excludes halogenated alkanes) is 51. The number of phosphoric ester groups is 1. The predicted molar refractivity (Wildman–Crippen MR) is 332 cm³/mol. The normalized spacial score (nSPS) is 13.7. The van der Waals surface area contributed by atoms with Gasteiger partial charge in [0, 0.05) is 6.42 Å². The molecule has 0 aromatic rings. The average Bonchev–Trinajstić information content (AvgIpc) is 3.38. The fourth-order valence-corrected chi connectivity index (χ4v) is 11.4. The molecule has 0 spiro atoms. The monoisotopic (exact) mass is 1100 g/mol. The number of nitrogens with one attached hydrogen (secondary N) is 1. The molecule has 3 N–H and O–H groups in total. The van der Waals surface area contributed by atoms with E-state index in [4.69, 9.17) is 9.05 Å². The molecule has 8 nitrogen and oxygen atoms in total. The average molecular weight is 1100 g/mol. The highest BCUT2D eigenvalue weighted by atomic mass is 31.2. The molecule has 0 aliphatic heterocycles. The van der Waals surface area contributed by atoms with Crippen LogP contribution in [0, 0.1) is 0 Å². The van der Waals surface area contributed by atoms with E-state index in [1.165, 1.54) is 308 Å². The molecule has 76 heavy (non-hydrogen) atoms. The SMILES string of the molecule is CCCCCCCCCCCCCCCCCCCCCCCCCCCCCCCC/C=C/C(O)C(COP(=O)(O)OCC[N+](C)(C)C)NC(=O)CCCCCCCCCCCCCCCCCCCCCCCC. The van der Waals surface area contributed by atoms with Gasteiger partial charge in [0.2, 0.25) is 5.91 Å². The van der Waals surface area contributed by atoms with Crippen molar-refractivity contribution in [1.29, 1.82) is 0 Å². The van der Waals surface area contributed by atoms with Crippen LogP contribution in [0.15, 0.2) is 12.2 Å². The molecule has 0 bridgehead atoms. The third-order valence-electron chi connectivity index (χ3n) is 16.0. The lowest BCUT2D eigenvalue weighted by atomic mass is 10.0. The van der Waals surface area contributed by atoms with Crippen molar-refractivity contribution in [2.75, 3.05) is 40.9 Å². The van der Waals surface area contributed by atoms with E-state index in [0.717, 1.165) is 32.1 Å². The first-order valence-electron chi connectivity index (χ1n) is 34.1. The van der Waals surface area contributed by atoms with Gasteiger partial charge in [-0.05, 0) is 19.3 Å². The minimum Gasteiger partial charge on any atom is -0.387 e. The summed E-state index contributed by atoms with van der Waals surface area (Å²) in [6.07, 6.45) is 75.0. The second kappa shape index (κ2) is 58.9. The lowest BCUT2D eigenvalue weighted by Crippen LogP contribution is -2.45. The van der Waals surface area contributed by atoms with Crippen LogP contribution in [0.2, 0.25) is 0 Å². The Kier molecular flexibility index (Phi) is 58.3. The first-order chi connectivity index (χ1) is 37.0. The second-order valence-electron chi connectivity index (χ2n) is 24.9. The summed E-state index contributed by atoms with van der Waals surface area (Å²) in [6, 6.07) is -0.843. The van der Waals surface area contributed by atoms with Crippen molar-refractivity contribution in [3.63, 3.8) is 0 Å². The number of likely N-dealkylation sites (N-methyl/N-ethyl adjacent to an activating group) is 1. The minimum atomic E-state index is -4.35. The molecule has 0 aromatic heterocycles. The van der Waals surface area contributed by atoms with Crippen molar-refractivity contribution in [1.82, 2.24) is 5.32 Å². The van der Waals surface area contributed by atoms with Crippen LogP contribution in [-0.2, 0) is 18.4 Å². The van der Waals surface area contributed by atoms with E-state index in [9.17, 15) is 19.4 Å². The van der Waals surface area contributed by atoms with Crippen LogP contribution in [-0.4, -0.2) is 73.4 Å². The summed E-state index contributed by atoms with van der Waals surface area (Å²) in [6.45, 7) is 4.89. The number of aliphatic hydroxyl groups excluding tert-OH is 1. The van der Waals surface area contributed by atoms with E-state index >= 15 is 0 Å². The van der Waals surface area contributed by atoms with Crippen LogP contribution in [0.1, 0.15) is 361 Å². The summed E-state index contributed by atoms with van der Waals surface area (Å²) >= 11 is 0. The Morgan fingerprint density at radius 1 is 0.434 bits per heavy atom. The first-order valence-corrected chi connectivity index (χ1v) is 35.6. The van der Waals surface area contributed by atoms with Crippen LogP contribution >= 0.6 is 7.82 Å². The maximum atomic E-state index is 13.0. The third kappa shape index (κ3) is 60.9. The summed E-state index contributed by atoms with van der Waals surface area (Å²) in [5.41, 5.74) is 0. The molecule has 0 aliphatic carbocycles. The zero-order valence-electron chi connectivity index (χ0n) is 52.0. The summed E-state index contributed by atoms with van der Waals surface area (Å²) in [7, 11) is 1.59. The number of carbonyl (C=O) groups is 1. The number of carbonyl (C=O) groups excluding carboxylic acids is 1. The summed E-state index contributed by atoms with van der Waals surface area (Å²) < 4.78 is 23.8. The van der Waals surface area contributed by atoms with Crippen LogP contribution in [0.25, 0.3) is 0 Å². The standard InChI is InChI=1S/C67H135N2O6P/c1-6-8-10-12-14-16-18-20-22-24-26-28-30-31-32-33-34-35-36-37-38-39-40-42-44-46-48-50-52-54-56-58-60-66(70)65(64-75-76(72,73)74-63-62-69(3,4)5)68-67(71)61-59-57-55-53-51-49-47-45-43-41-29-27-25-23-21-19-17-15-13-11-9-7-2/h58,60,65-66,70H,6-57,59,61-64H2,1-5H3,(H-,68,71,72,73)/p+1/b60-58+. The maximum absolute atomic E-state index is 13.0. The molecule has 0 saturated heterocycles. The zero-order valence-corrected chi connectivity index (χ0v) is 52.9. The molecule has 454 valence electrons. The lowest BCUT2D eigenvalue weighted by Gasteiger charge is -2.25. The Balaban J connectivity index is 4.03. The number of aliphatic hydroxyl groups is 1. The van der Waals surface area contributed by atoms with Gasteiger partial charge in [-0.3, -0.25) is 13.8 Å². The fraction of sp³-hybridized carbons (Fsp3) is 0.955. The number of hydrogen-bond acceptors (Lipinski definition) is 5. The van der Waals surface area contributed by atoms with Gasteiger partial charge < -0.3 is 19.8 Å². The van der Waals surface area contributed by atoms with E-state index in [0.29, 0.717) is 17.4 Å². The molecule has 0 saturated carbocycles. The Bertz CT molecular complexity index is 1240. The Hall–Kier alpha value is -0.760. The van der Waals surface area contributed by atoms with Crippen LogP contribution in [0.3, 0.4) is 0 Å². The van der Waals surface area contributed by atoms with Gasteiger partial charge in [-0.15, -0.1) is 0 Å². The fourth-order valence-electron chi connectivity index (χ4n) is 10.7.